The van der Waals surface area contributed by atoms with Gasteiger partial charge in [-0.25, -0.2) is 5.43 Å². The standard InChI is InChI=1S/C29H31ClN4O2/c1-20(2)18-31-29(36)26(32-28(35)22-9-5-3-6-10-22)17-23-19-34(25-11-7-4-8-12-25)33-27(23)21-13-15-24(30)16-14-21/h3-17,20,23,27,33H,18-19H2,1-2H3,(H,31,36)(H,32,35)/b26-17-/t23-,27+/m0/s1. The van der Waals surface area contributed by atoms with E-state index in [1.165, 1.54) is 0 Å². The van der Waals surface area contributed by atoms with Crippen LogP contribution >= 0.6 is 11.6 Å². The molecule has 6 nitrogen and oxygen atoms in total. The Bertz CT molecular complexity index is 1200. The molecule has 0 spiro atoms. The Balaban J connectivity index is 1.67. The number of amides is 2. The Hall–Kier alpha value is -3.61. The second-order valence-electron chi connectivity index (χ2n) is 9.27. The monoisotopic (exact) mass is 502 g/mol. The van der Waals surface area contributed by atoms with E-state index in [1.54, 1.807) is 24.3 Å². The highest BCUT2D eigenvalue weighted by atomic mass is 35.5. The van der Waals surface area contributed by atoms with E-state index >= 15 is 0 Å². The molecule has 0 saturated carbocycles. The zero-order chi connectivity index (χ0) is 25.5. The lowest BCUT2D eigenvalue weighted by Gasteiger charge is -2.20. The average Bonchev–Trinajstić information content (AvgIpc) is 3.32. The number of rotatable bonds is 8. The van der Waals surface area contributed by atoms with E-state index in [2.05, 4.69) is 21.1 Å². The summed E-state index contributed by atoms with van der Waals surface area (Å²) in [5.41, 5.74) is 6.36. The zero-order valence-electron chi connectivity index (χ0n) is 20.4. The van der Waals surface area contributed by atoms with Gasteiger partial charge in [-0.05, 0) is 54.0 Å². The molecule has 1 heterocycles. The second-order valence-corrected chi connectivity index (χ2v) is 9.71. The first kappa shape index (κ1) is 25.5. The van der Waals surface area contributed by atoms with Crippen molar-refractivity contribution in [3.8, 4) is 0 Å². The van der Waals surface area contributed by atoms with Crippen molar-refractivity contribution in [3.05, 3.63) is 113 Å². The largest absolute Gasteiger partial charge is 0.351 e. The molecular weight excluding hydrogens is 472 g/mol. The topological polar surface area (TPSA) is 73.5 Å². The van der Waals surface area contributed by atoms with Gasteiger partial charge in [0.05, 0.1) is 11.7 Å². The lowest BCUT2D eigenvalue weighted by molar-refractivity contribution is -0.118. The molecule has 4 rings (SSSR count). The Morgan fingerprint density at radius 2 is 1.64 bits per heavy atom. The SMILES string of the molecule is CC(C)CNC(=O)/C(=C/[C@H]1CN(c2ccccc2)N[C@@H]1c1ccc(Cl)cc1)NC(=O)c1ccccc1. The van der Waals surface area contributed by atoms with Crippen molar-refractivity contribution in [2.24, 2.45) is 11.8 Å². The van der Waals surface area contributed by atoms with Gasteiger partial charge in [-0.15, -0.1) is 0 Å². The van der Waals surface area contributed by atoms with Gasteiger partial charge in [0, 0.05) is 29.6 Å². The Labute approximate surface area is 217 Å². The molecule has 0 bridgehead atoms. The lowest BCUT2D eigenvalue weighted by atomic mass is 9.93. The Kier molecular flexibility index (Phi) is 8.41. The highest BCUT2D eigenvalue weighted by Crippen LogP contribution is 2.33. The molecule has 36 heavy (non-hydrogen) atoms. The van der Waals surface area contributed by atoms with Crippen LogP contribution in [0, 0.1) is 11.8 Å². The molecule has 1 aliphatic rings. The predicted molar refractivity (Wildman–Crippen MR) is 144 cm³/mol. The molecule has 2 amide bonds. The molecule has 0 radical (unpaired) electrons. The number of para-hydroxylation sites is 1. The molecule has 1 saturated heterocycles. The average molecular weight is 503 g/mol. The number of benzene rings is 3. The lowest BCUT2D eigenvalue weighted by Crippen LogP contribution is -2.37. The van der Waals surface area contributed by atoms with Crippen molar-refractivity contribution in [2.45, 2.75) is 19.9 Å². The molecule has 2 atom stereocenters. The number of carbonyl (C=O) groups excluding carboxylic acids is 2. The van der Waals surface area contributed by atoms with Crippen molar-refractivity contribution >= 4 is 29.1 Å². The fourth-order valence-corrected chi connectivity index (χ4v) is 4.25. The van der Waals surface area contributed by atoms with Gasteiger partial charge in [0.2, 0.25) is 0 Å². The van der Waals surface area contributed by atoms with Gasteiger partial charge in [-0.2, -0.15) is 0 Å². The third kappa shape index (κ3) is 6.53. The second kappa shape index (κ2) is 11.9. The fourth-order valence-electron chi connectivity index (χ4n) is 4.13. The molecule has 186 valence electrons. The van der Waals surface area contributed by atoms with E-state index < -0.39 is 0 Å². The van der Waals surface area contributed by atoms with Gasteiger partial charge in [0.15, 0.2) is 0 Å². The molecule has 1 fully saturated rings. The summed E-state index contributed by atoms with van der Waals surface area (Å²) in [5, 5.41) is 8.54. The summed E-state index contributed by atoms with van der Waals surface area (Å²) in [4.78, 5) is 26.2. The van der Waals surface area contributed by atoms with Crippen molar-refractivity contribution in [1.29, 1.82) is 0 Å². The molecule has 3 aromatic rings. The third-order valence-electron chi connectivity index (χ3n) is 5.99. The van der Waals surface area contributed by atoms with Crippen molar-refractivity contribution in [3.63, 3.8) is 0 Å². The first-order valence-corrected chi connectivity index (χ1v) is 12.5. The predicted octanol–water partition coefficient (Wildman–Crippen LogP) is 5.11. The summed E-state index contributed by atoms with van der Waals surface area (Å²) in [5.74, 6) is -0.456. The Morgan fingerprint density at radius 3 is 2.28 bits per heavy atom. The van der Waals surface area contributed by atoms with E-state index in [0.717, 1.165) is 11.3 Å². The normalized spacial score (nSPS) is 17.8. The summed E-state index contributed by atoms with van der Waals surface area (Å²) in [6.45, 7) is 5.18. The van der Waals surface area contributed by atoms with Crippen LogP contribution in [-0.4, -0.2) is 24.9 Å². The number of nitrogens with zero attached hydrogens (tertiary/aromatic N) is 1. The summed E-state index contributed by atoms with van der Waals surface area (Å²) in [7, 11) is 0. The molecule has 3 aromatic carbocycles. The maximum atomic E-state index is 13.2. The van der Waals surface area contributed by atoms with Crippen molar-refractivity contribution < 1.29 is 9.59 Å². The minimum atomic E-state index is -0.324. The maximum Gasteiger partial charge on any atom is 0.267 e. The highest BCUT2D eigenvalue weighted by molar-refractivity contribution is 6.30. The number of nitrogens with one attached hydrogen (secondary N) is 3. The number of anilines is 1. The van der Waals surface area contributed by atoms with Crippen LogP contribution in [0.1, 0.15) is 35.8 Å². The third-order valence-corrected chi connectivity index (χ3v) is 6.25. The number of carbonyl (C=O) groups is 2. The summed E-state index contributed by atoms with van der Waals surface area (Å²) >= 11 is 6.14. The first-order chi connectivity index (χ1) is 17.4. The van der Waals surface area contributed by atoms with E-state index in [-0.39, 0.29) is 35.4 Å². The maximum absolute atomic E-state index is 13.2. The van der Waals surface area contributed by atoms with Crippen LogP contribution in [-0.2, 0) is 4.79 Å². The summed E-state index contributed by atoms with van der Waals surface area (Å²) in [6, 6.07) is 26.5. The quantitative estimate of drug-likeness (QED) is 0.374. The smallest absolute Gasteiger partial charge is 0.267 e. The van der Waals surface area contributed by atoms with Crippen LogP contribution in [0.15, 0.2) is 96.7 Å². The van der Waals surface area contributed by atoms with Gasteiger partial charge in [-0.3, -0.25) is 9.59 Å². The van der Waals surface area contributed by atoms with Gasteiger partial charge in [0.25, 0.3) is 11.8 Å². The summed E-state index contributed by atoms with van der Waals surface area (Å²) < 4.78 is 0. The van der Waals surface area contributed by atoms with Gasteiger partial charge in [0.1, 0.15) is 5.70 Å². The van der Waals surface area contributed by atoms with Gasteiger partial charge in [-0.1, -0.05) is 74.0 Å². The number of hydrogen-bond donors (Lipinski definition) is 3. The number of hydrogen-bond acceptors (Lipinski definition) is 4. The molecule has 1 aliphatic heterocycles. The molecule has 3 N–H and O–H groups in total. The van der Waals surface area contributed by atoms with Crippen LogP contribution in [0.3, 0.4) is 0 Å². The van der Waals surface area contributed by atoms with Crippen LogP contribution in [0.25, 0.3) is 0 Å². The minimum Gasteiger partial charge on any atom is -0.351 e. The van der Waals surface area contributed by atoms with E-state index in [4.69, 9.17) is 11.6 Å². The fraction of sp³-hybridized carbons (Fsp3) is 0.241. The first-order valence-electron chi connectivity index (χ1n) is 12.1. The van der Waals surface area contributed by atoms with E-state index in [0.29, 0.717) is 23.7 Å². The highest BCUT2D eigenvalue weighted by Gasteiger charge is 2.33. The van der Waals surface area contributed by atoms with E-state index in [1.807, 2.05) is 80.6 Å². The van der Waals surface area contributed by atoms with Gasteiger partial charge >= 0.3 is 0 Å². The summed E-state index contributed by atoms with van der Waals surface area (Å²) in [6.07, 6.45) is 1.87. The van der Waals surface area contributed by atoms with Crippen LogP contribution in [0.5, 0.6) is 0 Å². The zero-order valence-corrected chi connectivity index (χ0v) is 21.2. The van der Waals surface area contributed by atoms with E-state index in [9.17, 15) is 9.59 Å². The molecule has 0 aliphatic carbocycles. The van der Waals surface area contributed by atoms with Crippen LogP contribution < -0.4 is 21.1 Å². The minimum absolute atomic E-state index is 0.109. The number of halogens is 1. The van der Waals surface area contributed by atoms with Crippen molar-refractivity contribution in [2.75, 3.05) is 18.1 Å². The van der Waals surface area contributed by atoms with Crippen LogP contribution in [0.2, 0.25) is 5.02 Å². The molecule has 7 heteroatoms. The van der Waals surface area contributed by atoms with Crippen molar-refractivity contribution in [1.82, 2.24) is 16.1 Å². The van der Waals surface area contributed by atoms with Crippen LogP contribution in [0.4, 0.5) is 5.69 Å². The molecule has 0 unspecified atom stereocenters. The van der Waals surface area contributed by atoms with Gasteiger partial charge < -0.3 is 15.6 Å². The molecule has 0 aromatic heterocycles. The number of hydrazine groups is 1. The molecular formula is C29H31ClN4O2. The Morgan fingerprint density at radius 1 is 1.00 bits per heavy atom.